The van der Waals surface area contributed by atoms with E-state index in [2.05, 4.69) is 46.5 Å². The molecule has 4 heteroatoms. The predicted molar refractivity (Wildman–Crippen MR) is 113 cm³/mol. The van der Waals surface area contributed by atoms with Crippen LogP contribution in [0.15, 0.2) is 91.3 Å². The summed E-state index contributed by atoms with van der Waals surface area (Å²) in [6.45, 7) is 2.51. The van der Waals surface area contributed by atoms with Crippen molar-refractivity contribution in [1.82, 2.24) is 9.97 Å². The highest BCUT2D eigenvalue weighted by molar-refractivity contribution is 5.75. The van der Waals surface area contributed by atoms with Gasteiger partial charge in [0.2, 0.25) is 0 Å². The van der Waals surface area contributed by atoms with Crippen LogP contribution in [-0.4, -0.2) is 9.97 Å². The lowest BCUT2D eigenvalue weighted by atomic mass is 10.1. The predicted octanol–water partition coefficient (Wildman–Crippen LogP) is 5.77. The van der Waals surface area contributed by atoms with Crippen molar-refractivity contribution in [3.05, 3.63) is 102 Å². The lowest BCUT2D eigenvalue weighted by Crippen LogP contribution is -2.04. The molecular weight excluding hydrogens is 346 g/mol. The summed E-state index contributed by atoms with van der Waals surface area (Å²) in [6.07, 6.45) is 1.57. The second-order valence-corrected chi connectivity index (χ2v) is 6.53. The Morgan fingerprint density at radius 2 is 1.46 bits per heavy atom. The molecule has 0 unspecified atom stereocenters. The van der Waals surface area contributed by atoms with Crippen LogP contribution in [-0.2, 0) is 6.61 Å². The lowest BCUT2D eigenvalue weighted by Gasteiger charge is -2.16. The molecule has 1 heterocycles. The zero-order chi connectivity index (χ0) is 19.2. The van der Waals surface area contributed by atoms with E-state index in [1.165, 1.54) is 5.56 Å². The maximum absolute atomic E-state index is 6.22. The summed E-state index contributed by atoms with van der Waals surface area (Å²) in [4.78, 5) is 8.96. The zero-order valence-electron chi connectivity index (χ0n) is 15.7. The summed E-state index contributed by atoms with van der Waals surface area (Å²) in [5, 5.41) is 3.35. The van der Waals surface area contributed by atoms with Gasteiger partial charge in [0.1, 0.15) is 18.6 Å². The van der Waals surface area contributed by atoms with Crippen molar-refractivity contribution in [2.45, 2.75) is 13.5 Å². The average molecular weight is 367 g/mol. The third-order valence-corrected chi connectivity index (χ3v) is 4.39. The average Bonchev–Trinajstić information content (AvgIpc) is 2.75. The Kier molecular flexibility index (Phi) is 5.29. The van der Waals surface area contributed by atoms with Crippen molar-refractivity contribution < 1.29 is 4.74 Å². The quantitative estimate of drug-likeness (QED) is 0.470. The van der Waals surface area contributed by atoms with Crippen LogP contribution >= 0.6 is 0 Å². The van der Waals surface area contributed by atoms with Gasteiger partial charge in [0.15, 0.2) is 11.6 Å². The van der Waals surface area contributed by atoms with Crippen LogP contribution < -0.4 is 10.1 Å². The molecule has 4 rings (SSSR count). The van der Waals surface area contributed by atoms with E-state index in [1.54, 1.807) is 6.33 Å². The molecule has 0 spiro atoms. The molecule has 0 atom stereocenters. The molecule has 1 aromatic heterocycles. The van der Waals surface area contributed by atoms with Crippen LogP contribution in [0.4, 0.5) is 11.5 Å². The van der Waals surface area contributed by atoms with Gasteiger partial charge in [-0.3, -0.25) is 0 Å². The number of ether oxygens (including phenoxy) is 1. The van der Waals surface area contributed by atoms with Crippen LogP contribution in [0.25, 0.3) is 11.3 Å². The van der Waals surface area contributed by atoms with Gasteiger partial charge in [-0.15, -0.1) is 0 Å². The maximum Gasteiger partial charge on any atom is 0.188 e. The van der Waals surface area contributed by atoms with Crippen LogP contribution in [0.2, 0.25) is 0 Å². The molecule has 1 N–H and O–H groups in total. The summed E-state index contributed by atoms with van der Waals surface area (Å²) in [6, 6.07) is 28.3. The molecule has 0 aliphatic carbocycles. The Morgan fingerprint density at radius 3 is 2.18 bits per heavy atom. The molecule has 0 amide bonds. The summed E-state index contributed by atoms with van der Waals surface area (Å²) in [5.74, 6) is 1.28. The van der Waals surface area contributed by atoms with E-state index in [1.807, 2.05) is 60.7 Å². The molecule has 4 aromatic rings. The number of benzene rings is 3. The first-order chi connectivity index (χ1) is 13.8. The molecule has 138 valence electrons. The highest BCUT2D eigenvalue weighted by Gasteiger charge is 2.15. The molecule has 3 aromatic carbocycles. The number of hydrogen-bond acceptors (Lipinski definition) is 4. The van der Waals surface area contributed by atoms with E-state index < -0.39 is 0 Å². The first kappa shape index (κ1) is 17.7. The number of aryl methyl sites for hydroxylation is 1. The standard InChI is InChI=1S/C24H21N3O/c1-18-12-14-20(15-13-18)22-23(28-16-19-8-4-2-5-9-19)24(26-17-25-22)27-21-10-6-3-7-11-21/h2-15,17H,16H2,1H3,(H,25,26,27). The second-order valence-electron chi connectivity index (χ2n) is 6.53. The van der Waals surface area contributed by atoms with E-state index in [9.17, 15) is 0 Å². The summed E-state index contributed by atoms with van der Waals surface area (Å²) in [5.41, 5.74) is 5.00. The third-order valence-electron chi connectivity index (χ3n) is 4.39. The number of aromatic nitrogens is 2. The van der Waals surface area contributed by atoms with Gasteiger partial charge in [0.25, 0.3) is 0 Å². The van der Waals surface area contributed by atoms with Gasteiger partial charge in [0.05, 0.1) is 0 Å². The fourth-order valence-corrected chi connectivity index (χ4v) is 2.90. The fourth-order valence-electron chi connectivity index (χ4n) is 2.90. The Morgan fingerprint density at radius 1 is 0.786 bits per heavy atom. The van der Waals surface area contributed by atoms with E-state index >= 15 is 0 Å². The highest BCUT2D eigenvalue weighted by Crippen LogP contribution is 2.35. The zero-order valence-corrected chi connectivity index (χ0v) is 15.7. The number of anilines is 2. The monoisotopic (exact) mass is 367 g/mol. The molecule has 0 saturated carbocycles. The number of nitrogens with zero attached hydrogens (tertiary/aromatic N) is 2. The molecule has 28 heavy (non-hydrogen) atoms. The SMILES string of the molecule is Cc1ccc(-c2ncnc(Nc3ccccc3)c2OCc2ccccc2)cc1. The van der Waals surface area contributed by atoms with Gasteiger partial charge in [-0.1, -0.05) is 78.4 Å². The first-order valence-electron chi connectivity index (χ1n) is 9.20. The number of para-hydroxylation sites is 1. The highest BCUT2D eigenvalue weighted by atomic mass is 16.5. The maximum atomic E-state index is 6.22. The van der Waals surface area contributed by atoms with Gasteiger partial charge in [0, 0.05) is 11.3 Å². The van der Waals surface area contributed by atoms with E-state index in [0.29, 0.717) is 18.2 Å². The van der Waals surface area contributed by atoms with Crippen LogP contribution in [0.1, 0.15) is 11.1 Å². The normalized spacial score (nSPS) is 10.5. The van der Waals surface area contributed by atoms with Gasteiger partial charge < -0.3 is 10.1 Å². The topological polar surface area (TPSA) is 47.0 Å². The van der Waals surface area contributed by atoms with Crippen LogP contribution in [0, 0.1) is 6.92 Å². The number of rotatable bonds is 6. The van der Waals surface area contributed by atoms with Crippen LogP contribution in [0.3, 0.4) is 0 Å². The third kappa shape index (κ3) is 4.18. The second kappa shape index (κ2) is 8.35. The van der Waals surface area contributed by atoms with Crippen LogP contribution in [0.5, 0.6) is 5.75 Å². The van der Waals surface area contributed by atoms with Gasteiger partial charge >= 0.3 is 0 Å². The van der Waals surface area contributed by atoms with Crippen molar-refractivity contribution >= 4 is 11.5 Å². The lowest BCUT2D eigenvalue weighted by molar-refractivity contribution is 0.307. The molecule has 4 nitrogen and oxygen atoms in total. The largest absolute Gasteiger partial charge is 0.483 e. The van der Waals surface area contributed by atoms with Gasteiger partial charge in [-0.2, -0.15) is 0 Å². The Bertz CT molecular complexity index is 1030. The minimum Gasteiger partial charge on any atom is -0.483 e. The molecule has 0 aliphatic heterocycles. The van der Waals surface area contributed by atoms with E-state index in [0.717, 1.165) is 22.5 Å². The van der Waals surface area contributed by atoms with Crippen molar-refractivity contribution in [3.63, 3.8) is 0 Å². The molecule has 0 bridgehead atoms. The minimum atomic E-state index is 0.441. The number of nitrogens with one attached hydrogen (secondary N) is 1. The van der Waals surface area contributed by atoms with E-state index in [-0.39, 0.29) is 0 Å². The Labute approximate surface area is 164 Å². The van der Waals surface area contributed by atoms with E-state index in [4.69, 9.17) is 4.74 Å². The van der Waals surface area contributed by atoms with Crippen molar-refractivity contribution in [2.75, 3.05) is 5.32 Å². The van der Waals surface area contributed by atoms with Crippen molar-refractivity contribution in [3.8, 4) is 17.0 Å². The van der Waals surface area contributed by atoms with Gasteiger partial charge in [-0.25, -0.2) is 9.97 Å². The molecule has 0 aliphatic rings. The molecule has 0 radical (unpaired) electrons. The summed E-state index contributed by atoms with van der Waals surface area (Å²) in [7, 11) is 0. The van der Waals surface area contributed by atoms with Gasteiger partial charge in [-0.05, 0) is 24.6 Å². The van der Waals surface area contributed by atoms with Crippen molar-refractivity contribution in [1.29, 1.82) is 0 Å². The fraction of sp³-hybridized carbons (Fsp3) is 0.0833. The Hall–Kier alpha value is -3.66. The Balaban J connectivity index is 1.72. The molecular formula is C24H21N3O. The smallest absolute Gasteiger partial charge is 0.188 e. The molecule has 0 saturated heterocycles. The first-order valence-corrected chi connectivity index (χ1v) is 9.20. The van der Waals surface area contributed by atoms with Crippen molar-refractivity contribution in [2.24, 2.45) is 0 Å². The summed E-state index contributed by atoms with van der Waals surface area (Å²) >= 11 is 0. The summed E-state index contributed by atoms with van der Waals surface area (Å²) < 4.78 is 6.22. The molecule has 0 fully saturated rings. The minimum absolute atomic E-state index is 0.441. The number of hydrogen-bond donors (Lipinski definition) is 1.